The van der Waals surface area contributed by atoms with Crippen LogP contribution in [0.4, 0.5) is 5.95 Å². The van der Waals surface area contributed by atoms with E-state index < -0.39 is 0 Å². The van der Waals surface area contributed by atoms with Crippen LogP contribution in [0.1, 0.15) is 12.8 Å². The molecule has 0 aromatic carbocycles. The van der Waals surface area contributed by atoms with Gasteiger partial charge in [0.1, 0.15) is 0 Å². The van der Waals surface area contributed by atoms with Gasteiger partial charge in [-0.25, -0.2) is 14.5 Å². The number of ether oxygens (including phenoxy) is 1. The minimum absolute atomic E-state index is 0.350. The van der Waals surface area contributed by atoms with E-state index in [9.17, 15) is 0 Å². The van der Waals surface area contributed by atoms with Crippen molar-refractivity contribution in [3.8, 4) is 11.3 Å². The minimum atomic E-state index is 0.350. The molecule has 1 saturated carbocycles. The van der Waals surface area contributed by atoms with Gasteiger partial charge in [0, 0.05) is 31.1 Å². The topological polar surface area (TPSA) is 77.2 Å². The molecule has 0 atom stereocenters. The summed E-state index contributed by atoms with van der Waals surface area (Å²) >= 11 is 0. The number of pyridine rings is 2. The van der Waals surface area contributed by atoms with E-state index >= 15 is 0 Å². The third-order valence-corrected chi connectivity index (χ3v) is 4.91. The zero-order valence-corrected chi connectivity index (χ0v) is 14.3. The quantitative estimate of drug-likeness (QED) is 0.612. The second kappa shape index (κ2) is 6.03. The second-order valence-electron chi connectivity index (χ2n) is 6.55. The average molecular weight is 346 g/mol. The number of rotatable bonds is 4. The third-order valence-electron chi connectivity index (χ3n) is 4.91. The van der Waals surface area contributed by atoms with Crippen LogP contribution in [0.3, 0.4) is 0 Å². The molecule has 4 aromatic heterocycles. The van der Waals surface area contributed by atoms with E-state index in [1.807, 2.05) is 47.2 Å². The summed E-state index contributed by atoms with van der Waals surface area (Å²) in [7, 11) is 1.75. The van der Waals surface area contributed by atoms with Crippen LogP contribution in [-0.4, -0.2) is 43.8 Å². The predicted octanol–water partition coefficient (Wildman–Crippen LogP) is 2.93. The molecular weight excluding hydrogens is 328 g/mol. The van der Waals surface area contributed by atoms with Crippen molar-refractivity contribution in [3.05, 3.63) is 48.9 Å². The number of hydrogen-bond acceptors (Lipinski definition) is 6. The Bertz CT molecular complexity index is 1090. The van der Waals surface area contributed by atoms with E-state index in [4.69, 9.17) is 9.72 Å². The number of fused-ring (bicyclic) bond motifs is 2. The van der Waals surface area contributed by atoms with Gasteiger partial charge in [0.05, 0.1) is 34.5 Å². The average Bonchev–Trinajstić information content (AvgIpc) is 3.07. The largest absolute Gasteiger partial charge is 0.381 e. The fraction of sp³-hybridized carbons (Fsp3) is 0.263. The number of nitrogens with zero attached hydrogens (tertiary/aromatic N) is 5. The Hall–Kier alpha value is -3.06. The van der Waals surface area contributed by atoms with Gasteiger partial charge < -0.3 is 10.1 Å². The van der Waals surface area contributed by atoms with Crippen molar-refractivity contribution in [2.45, 2.75) is 25.0 Å². The molecule has 130 valence electrons. The van der Waals surface area contributed by atoms with E-state index in [0.29, 0.717) is 18.1 Å². The molecule has 4 aromatic rings. The SMILES string of the molecule is COC1CC(Nc2ncc3c(-c4ccc5ncccc5n4)ccn3n2)C1. The fourth-order valence-corrected chi connectivity index (χ4v) is 3.35. The van der Waals surface area contributed by atoms with Gasteiger partial charge in [-0.05, 0) is 43.2 Å². The molecule has 4 heterocycles. The lowest BCUT2D eigenvalue weighted by Crippen LogP contribution is -2.40. The van der Waals surface area contributed by atoms with Crippen LogP contribution >= 0.6 is 0 Å². The smallest absolute Gasteiger partial charge is 0.241 e. The predicted molar refractivity (Wildman–Crippen MR) is 99.0 cm³/mol. The molecule has 7 heteroatoms. The molecular formula is C19H18N6O. The van der Waals surface area contributed by atoms with Gasteiger partial charge in [-0.1, -0.05) is 0 Å². The van der Waals surface area contributed by atoms with Crippen molar-refractivity contribution in [2.75, 3.05) is 12.4 Å². The van der Waals surface area contributed by atoms with Crippen molar-refractivity contribution in [1.82, 2.24) is 24.6 Å². The minimum Gasteiger partial charge on any atom is -0.381 e. The van der Waals surface area contributed by atoms with Crippen molar-refractivity contribution < 1.29 is 4.74 Å². The number of hydrogen-bond donors (Lipinski definition) is 1. The van der Waals surface area contributed by atoms with Gasteiger partial charge >= 0.3 is 0 Å². The molecule has 26 heavy (non-hydrogen) atoms. The van der Waals surface area contributed by atoms with Gasteiger partial charge in [-0.2, -0.15) is 0 Å². The Kier molecular flexibility index (Phi) is 3.53. The monoisotopic (exact) mass is 346 g/mol. The first-order valence-corrected chi connectivity index (χ1v) is 8.66. The van der Waals surface area contributed by atoms with Gasteiger partial charge in [-0.3, -0.25) is 4.98 Å². The maximum Gasteiger partial charge on any atom is 0.241 e. The first-order chi connectivity index (χ1) is 12.8. The fourth-order valence-electron chi connectivity index (χ4n) is 3.35. The first-order valence-electron chi connectivity index (χ1n) is 8.66. The standard InChI is InChI=1S/C19H18N6O/c1-26-13-9-12(10-13)22-19-21-11-18-14(6-8-25(18)24-19)15-4-5-16-17(23-15)3-2-7-20-16/h2-8,11-13H,9-10H2,1H3,(H,22,24). The van der Waals surface area contributed by atoms with Crippen molar-refractivity contribution in [1.29, 1.82) is 0 Å². The van der Waals surface area contributed by atoms with Gasteiger partial charge in [0.2, 0.25) is 5.95 Å². The summed E-state index contributed by atoms with van der Waals surface area (Å²) in [4.78, 5) is 13.5. The normalized spacial score (nSPS) is 19.6. The van der Waals surface area contributed by atoms with Crippen LogP contribution < -0.4 is 5.32 Å². The summed E-state index contributed by atoms with van der Waals surface area (Å²) in [6, 6.07) is 10.2. The van der Waals surface area contributed by atoms with E-state index in [2.05, 4.69) is 20.4 Å². The highest BCUT2D eigenvalue weighted by atomic mass is 16.5. The summed E-state index contributed by atoms with van der Waals surface area (Å²) in [6.45, 7) is 0. The Labute approximate surface area is 150 Å². The Balaban J connectivity index is 1.45. The molecule has 0 aliphatic heterocycles. The molecule has 0 saturated heterocycles. The lowest BCUT2D eigenvalue weighted by Gasteiger charge is -2.34. The Morgan fingerprint density at radius 2 is 2.04 bits per heavy atom. The van der Waals surface area contributed by atoms with Gasteiger partial charge in [0.25, 0.3) is 0 Å². The maximum atomic E-state index is 5.31. The van der Waals surface area contributed by atoms with E-state index in [-0.39, 0.29) is 0 Å². The van der Waals surface area contributed by atoms with E-state index in [1.54, 1.807) is 13.3 Å². The zero-order chi connectivity index (χ0) is 17.5. The lowest BCUT2D eigenvalue weighted by atomic mass is 9.89. The molecule has 0 spiro atoms. The van der Waals surface area contributed by atoms with Crippen LogP contribution in [0, 0.1) is 0 Å². The summed E-state index contributed by atoms with van der Waals surface area (Å²) in [6.07, 6.45) is 7.88. The van der Waals surface area contributed by atoms with Crippen LogP contribution in [0.5, 0.6) is 0 Å². The molecule has 0 unspecified atom stereocenters. The molecule has 0 radical (unpaired) electrons. The molecule has 5 rings (SSSR count). The third kappa shape index (κ3) is 2.57. The highest BCUT2D eigenvalue weighted by molar-refractivity contribution is 5.83. The van der Waals surface area contributed by atoms with Crippen LogP contribution in [0.25, 0.3) is 27.8 Å². The Morgan fingerprint density at radius 3 is 2.92 bits per heavy atom. The molecule has 1 fully saturated rings. The highest BCUT2D eigenvalue weighted by Crippen LogP contribution is 2.27. The van der Waals surface area contributed by atoms with Crippen molar-refractivity contribution in [2.24, 2.45) is 0 Å². The molecule has 1 aliphatic rings. The Morgan fingerprint density at radius 1 is 1.12 bits per heavy atom. The maximum absolute atomic E-state index is 5.31. The number of anilines is 1. The van der Waals surface area contributed by atoms with Gasteiger partial charge in [0.15, 0.2) is 0 Å². The van der Waals surface area contributed by atoms with E-state index in [0.717, 1.165) is 40.6 Å². The molecule has 0 bridgehead atoms. The molecule has 0 amide bonds. The first kappa shape index (κ1) is 15.2. The summed E-state index contributed by atoms with van der Waals surface area (Å²) in [5.41, 5.74) is 4.58. The van der Waals surface area contributed by atoms with Gasteiger partial charge in [-0.15, -0.1) is 5.10 Å². The highest BCUT2D eigenvalue weighted by Gasteiger charge is 2.29. The second-order valence-corrected chi connectivity index (χ2v) is 6.55. The summed E-state index contributed by atoms with van der Waals surface area (Å²) in [5.74, 6) is 0.634. The van der Waals surface area contributed by atoms with Crippen LogP contribution in [0.2, 0.25) is 0 Å². The summed E-state index contributed by atoms with van der Waals surface area (Å²) in [5, 5.41) is 7.93. The van der Waals surface area contributed by atoms with Crippen LogP contribution in [0.15, 0.2) is 48.9 Å². The number of nitrogens with one attached hydrogen (secondary N) is 1. The number of methoxy groups -OCH3 is 1. The van der Waals surface area contributed by atoms with E-state index in [1.165, 1.54) is 0 Å². The lowest BCUT2D eigenvalue weighted by molar-refractivity contribution is 0.0326. The molecule has 1 N–H and O–H groups in total. The van der Waals surface area contributed by atoms with Crippen molar-refractivity contribution in [3.63, 3.8) is 0 Å². The number of aromatic nitrogens is 5. The summed E-state index contributed by atoms with van der Waals surface area (Å²) < 4.78 is 7.15. The molecule has 7 nitrogen and oxygen atoms in total. The van der Waals surface area contributed by atoms with Crippen molar-refractivity contribution >= 4 is 22.5 Å². The molecule has 1 aliphatic carbocycles. The zero-order valence-electron chi connectivity index (χ0n) is 14.3. The van der Waals surface area contributed by atoms with Crippen LogP contribution in [-0.2, 0) is 4.74 Å².